The lowest BCUT2D eigenvalue weighted by molar-refractivity contribution is 0.588. The molecule has 1 atom stereocenters. The number of rotatable bonds is 4. The summed E-state index contributed by atoms with van der Waals surface area (Å²) >= 11 is 0. The molecular formula is C13H19N3O2S. The van der Waals surface area contributed by atoms with Crippen LogP contribution >= 0.6 is 0 Å². The number of sulfone groups is 1. The van der Waals surface area contributed by atoms with Crippen LogP contribution in [0.5, 0.6) is 0 Å². The van der Waals surface area contributed by atoms with Gasteiger partial charge in [-0.2, -0.15) is 0 Å². The maximum Gasteiger partial charge on any atom is 0.147 e. The van der Waals surface area contributed by atoms with Crippen molar-refractivity contribution in [1.29, 1.82) is 0 Å². The third-order valence-electron chi connectivity index (χ3n) is 3.27. The van der Waals surface area contributed by atoms with Gasteiger partial charge in [0.1, 0.15) is 15.7 Å². The van der Waals surface area contributed by atoms with Gasteiger partial charge in [0.2, 0.25) is 0 Å². The number of imidazole rings is 1. The Bertz CT molecular complexity index is 665. The zero-order chi connectivity index (χ0) is 14.2. The Labute approximate surface area is 113 Å². The number of aromatic amines is 1. The van der Waals surface area contributed by atoms with Crippen molar-refractivity contribution in [2.75, 3.05) is 12.0 Å². The van der Waals surface area contributed by atoms with E-state index in [0.29, 0.717) is 12.2 Å². The van der Waals surface area contributed by atoms with Crippen LogP contribution in [-0.4, -0.2) is 30.4 Å². The number of nitrogens with one attached hydrogen (secondary N) is 1. The quantitative estimate of drug-likeness (QED) is 0.891. The smallest absolute Gasteiger partial charge is 0.147 e. The van der Waals surface area contributed by atoms with E-state index in [1.54, 1.807) is 0 Å². The van der Waals surface area contributed by atoms with E-state index in [1.807, 2.05) is 26.0 Å². The maximum absolute atomic E-state index is 11.1. The summed E-state index contributed by atoms with van der Waals surface area (Å²) in [4.78, 5) is 7.61. The highest BCUT2D eigenvalue weighted by molar-refractivity contribution is 7.90. The van der Waals surface area contributed by atoms with Crippen molar-refractivity contribution in [3.05, 3.63) is 29.1 Å². The number of benzene rings is 1. The second kappa shape index (κ2) is 4.94. The molecule has 0 radical (unpaired) electrons. The van der Waals surface area contributed by atoms with E-state index in [9.17, 15) is 8.42 Å². The molecule has 0 spiro atoms. The predicted octanol–water partition coefficient (Wildman–Crippen LogP) is 1.61. The van der Waals surface area contributed by atoms with Crippen LogP contribution in [0, 0.1) is 13.8 Å². The molecule has 104 valence electrons. The first-order valence-electron chi connectivity index (χ1n) is 6.16. The molecule has 0 saturated carbocycles. The van der Waals surface area contributed by atoms with Crippen LogP contribution in [0.3, 0.4) is 0 Å². The van der Waals surface area contributed by atoms with Crippen molar-refractivity contribution in [1.82, 2.24) is 9.97 Å². The molecule has 1 aromatic heterocycles. The van der Waals surface area contributed by atoms with Crippen LogP contribution in [0.1, 0.15) is 29.4 Å². The molecule has 0 aliphatic carbocycles. The molecule has 2 aromatic rings. The molecule has 3 N–H and O–H groups in total. The lowest BCUT2D eigenvalue weighted by Crippen LogP contribution is -2.16. The van der Waals surface area contributed by atoms with Gasteiger partial charge >= 0.3 is 0 Å². The lowest BCUT2D eigenvalue weighted by atomic mass is 10.1. The van der Waals surface area contributed by atoms with E-state index < -0.39 is 9.84 Å². The Balaban J connectivity index is 2.26. The van der Waals surface area contributed by atoms with Crippen molar-refractivity contribution in [2.45, 2.75) is 26.3 Å². The van der Waals surface area contributed by atoms with Crippen LogP contribution in [-0.2, 0) is 9.84 Å². The largest absolute Gasteiger partial charge is 0.341 e. The topological polar surface area (TPSA) is 88.8 Å². The van der Waals surface area contributed by atoms with Gasteiger partial charge in [-0.1, -0.05) is 0 Å². The zero-order valence-electron chi connectivity index (χ0n) is 11.4. The summed E-state index contributed by atoms with van der Waals surface area (Å²) in [6.45, 7) is 4.07. The number of fused-ring (bicyclic) bond motifs is 1. The summed E-state index contributed by atoms with van der Waals surface area (Å²) in [6.07, 6.45) is 1.59. The Morgan fingerprint density at radius 1 is 1.32 bits per heavy atom. The minimum atomic E-state index is -2.99. The minimum Gasteiger partial charge on any atom is -0.341 e. The number of hydrogen-bond acceptors (Lipinski definition) is 4. The van der Waals surface area contributed by atoms with Crippen LogP contribution < -0.4 is 5.73 Å². The van der Waals surface area contributed by atoms with Gasteiger partial charge < -0.3 is 10.7 Å². The van der Waals surface area contributed by atoms with Crippen molar-refractivity contribution in [3.63, 3.8) is 0 Å². The predicted molar refractivity (Wildman–Crippen MR) is 76.8 cm³/mol. The van der Waals surface area contributed by atoms with E-state index in [4.69, 9.17) is 5.73 Å². The van der Waals surface area contributed by atoms with E-state index in [2.05, 4.69) is 9.97 Å². The van der Waals surface area contributed by atoms with Crippen molar-refractivity contribution >= 4 is 20.9 Å². The molecule has 0 saturated heterocycles. The van der Waals surface area contributed by atoms with Gasteiger partial charge in [0.05, 0.1) is 22.8 Å². The highest BCUT2D eigenvalue weighted by Gasteiger charge is 2.14. The van der Waals surface area contributed by atoms with Gasteiger partial charge in [0.15, 0.2) is 0 Å². The molecule has 2 rings (SSSR count). The molecule has 0 aliphatic heterocycles. The van der Waals surface area contributed by atoms with Gasteiger partial charge in [-0.3, -0.25) is 0 Å². The summed E-state index contributed by atoms with van der Waals surface area (Å²) in [6, 6.07) is 3.65. The van der Waals surface area contributed by atoms with Gasteiger partial charge in [-0.15, -0.1) is 0 Å². The van der Waals surface area contributed by atoms with Crippen molar-refractivity contribution in [2.24, 2.45) is 5.73 Å². The first kappa shape index (κ1) is 14.0. The number of hydrogen-bond donors (Lipinski definition) is 2. The number of nitrogens with two attached hydrogens (primary N) is 1. The Hall–Kier alpha value is -1.40. The maximum atomic E-state index is 11.1. The highest BCUT2D eigenvalue weighted by Crippen LogP contribution is 2.20. The van der Waals surface area contributed by atoms with E-state index in [1.165, 1.54) is 17.4 Å². The third kappa shape index (κ3) is 3.33. The summed E-state index contributed by atoms with van der Waals surface area (Å²) in [5.74, 6) is 0.715. The molecule has 6 heteroatoms. The molecule has 0 amide bonds. The van der Waals surface area contributed by atoms with Gasteiger partial charge in [-0.05, 0) is 43.5 Å². The average molecular weight is 281 g/mol. The Morgan fingerprint density at radius 3 is 2.58 bits per heavy atom. The molecule has 19 heavy (non-hydrogen) atoms. The van der Waals surface area contributed by atoms with E-state index in [-0.39, 0.29) is 11.8 Å². The summed E-state index contributed by atoms with van der Waals surface area (Å²) < 4.78 is 22.3. The Kier molecular flexibility index (Phi) is 3.64. The first-order valence-corrected chi connectivity index (χ1v) is 8.22. The summed E-state index contributed by atoms with van der Waals surface area (Å²) in [7, 11) is -2.99. The SMILES string of the molecule is Cc1cc2nc(C(N)CCS(C)(=O)=O)[nH]c2cc1C. The molecule has 0 fully saturated rings. The molecule has 0 aliphatic rings. The van der Waals surface area contributed by atoms with Crippen molar-refractivity contribution in [3.8, 4) is 0 Å². The van der Waals surface area contributed by atoms with Crippen LogP contribution in [0.25, 0.3) is 11.0 Å². The highest BCUT2D eigenvalue weighted by atomic mass is 32.2. The molecule has 0 bridgehead atoms. The standard InChI is InChI=1S/C13H19N3O2S/c1-8-6-11-12(7-9(8)2)16-13(15-11)10(14)4-5-19(3,17)18/h6-7,10H,4-5,14H2,1-3H3,(H,15,16). The number of H-pyrrole nitrogens is 1. The van der Waals surface area contributed by atoms with Crippen LogP contribution in [0.2, 0.25) is 0 Å². The number of aryl methyl sites for hydroxylation is 2. The van der Waals surface area contributed by atoms with Crippen LogP contribution in [0.15, 0.2) is 12.1 Å². The summed E-state index contributed by atoms with van der Waals surface area (Å²) in [5, 5.41) is 0. The fraction of sp³-hybridized carbons (Fsp3) is 0.462. The fourth-order valence-corrected chi connectivity index (χ4v) is 2.62. The molecule has 1 heterocycles. The van der Waals surface area contributed by atoms with Gasteiger partial charge in [0, 0.05) is 6.26 Å². The van der Waals surface area contributed by atoms with E-state index >= 15 is 0 Å². The normalized spacial score (nSPS) is 13.9. The number of nitrogens with zero attached hydrogens (tertiary/aromatic N) is 1. The Morgan fingerprint density at radius 2 is 1.95 bits per heavy atom. The van der Waals surface area contributed by atoms with E-state index in [0.717, 1.165) is 11.0 Å². The fourth-order valence-electron chi connectivity index (χ4n) is 1.94. The molecular weight excluding hydrogens is 262 g/mol. The molecule has 1 aromatic carbocycles. The minimum absolute atomic E-state index is 0.0727. The molecule has 1 unspecified atom stereocenters. The second-order valence-electron chi connectivity index (χ2n) is 5.10. The lowest BCUT2D eigenvalue weighted by Gasteiger charge is -2.06. The first-order chi connectivity index (χ1) is 8.76. The van der Waals surface area contributed by atoms with Gasteiger partial charge in [0.25, 0.3) is 0 Å². The average Bonchev–Trinajstić information content (AvgIpc) is 2.68. The number of aromatic nitrogens is 2. The van der Waals surface area contributed by atoms with Gasteiger partial charge in [-0.25, -0.2) is 13.4 Å². The van der Waals surface area contributed by atoms with Crippen LogP contribution in [0.4, 0.5) is 0 Å². The third-order valence-corrected chi connectivity index (χ3v) is 4.24. The van der Waals surface area contributed by atoms with Crippen molar-refractivity contribution < 1.29 is 8.42 Å². The monoisotopic (exact) mass is 281 g/mol. The molecule has 5 nitrogen and oxygen atoms in total. The second-order valence-corrected chi connectivity index (χ2v) is 7.36. The zero-order valence-corrected chi connectivity index (χ0v) is 12.2. The summed E-state index contributed by atoms with van der Waals surface area (Å²) in [5.41, 5.74) is 10.2.